The van der Waals surface area contributed by atoms with Gasteiger partial charge in [0, 0.05) is 12.5 Å². The van der Waals surface area contributed by atoms with Gasteiger partial charge in [0.05, 0.1) is 38.4 Å². The molecule has 1 N–H and O–H groups in total. The molecule has 4 rings (SSSR count). The van der Waals surface area contributed by atoms with Crippen LogP contribution in [0.15, 0.2) is 71.6 Å². The van der Waals surface area contributed by atoms with Crippen molar-refractivity contribution in [3.8, 4) is 23.0 Å². The predicted octanol–water partition coefficient (Wildman–Crippen LogP) is 4.13. The molecule has 33 heavy (non-hydrogen) atoms. The minimum atomic E-state index is -3.87. The van der Waals surface area contributed by atoms with Gasteiger partial charge in [-0.2, -0.15) is 0 Å². The quantitative estimate of drug-likeness (QED) is 0.534. The van der Waals surface area contributed by atoms with Crippen LogP contribution < -0.4 is 23.7 Å². The fraction of sp³-hybridized carbons (Fsp3) is 0.280. The maximum Gasteiger partial charge on any atom is 0.241 e. The second-order valence-electron chi connectivity index (χ2n) is 7.64. The molecule has 0 spiro atoms. The lowest BCUT2D eigenvalue weighted by Gasteiger charge is -2.21. The molecule has 3 aromatic rings. The highest BCUT2D eigenvalue weighted by molar-refractivity contribution is 7.89. The summed E-state index contributed by atoms with van der Waals surface area (Å²) in [6.07, 6.45) is 1.26. The van der Waals surface area contributed by atoms with Crippen LogP contribution in [0.4, 0.5) is 0 Å². The average Bonchev–Trinajstić information content (AvgIpc) is 3.08. The van der Waals surface area contributed by atoms with Crippen LogP contribution in [0.1, 0.15) is 23.6 Å². The Morgan fingerprint density at radius 1 is 0.879 bits per heavy atom. The van der Waals surface area contributed by atoms with Crippen LogP contribution in [-0.4, -0.2) is 35.9 Å². The molecule has 0 saturated carbocycles. The molecule has 174 valence electrons. The molecule has 3 aromatic carbocycles. The van der Waals surface area contributed by atoms with Gasteiger partial charge in [-0.3, -0.25) is 0 Å². The van der Waals surface area contributed by atoms with Gasteiger partial charge in [0.15, 0.2) is 23.0 Å². The summed E-state index contributed by atoms with van der Waals surface area (Å²) >= 11 is 0. The number of benzene rings is 3. The highest BCUT2D eigenvalue weighted by atomic mass is 32.2. The molecule has 0 bridgehead atoms. The lowest BCUT2D eigenvalue weighted by molar-refractivity contribution is 0.297. The SMILES string of the molecule is COc1ccc(S(=O)(=O)NC(Cc2ccccc2)c2ccc3c(c2)OCCCO3)cc1OC. The van der Waals surface area contributed by atoms with Gasteiger partial charge in [-0.1, -0.05) is 36.4 Å². The number of ether oxygens (including phenoxy) is 4. The third-order valence-corrected chi connectivity index (χ3v) is 6.89. The highest BCUT2D eigenvalue weighted by Gasteiger charge is 2.25. The van der Waals surface area contributed by atoms with Gasteiger partial charge in [-0.25, -0.2) is 13.1 Å². The van der Waals surface area contributed by atoms with Gasteiger partial charge in [-0.15, -0.1) is 0 Å². The van der Waals surface area contributed by atoms with Crippen molar-refractivity contribution in [1.82, 2.24) is 4.72 Å². The zero-order chi connectivity index (χ0) is 23.3. The van der Waals surface area contributed by atoms with Crippen LogP contribution >= 0.6 is 0 Å². The highest BCUT2D eigenvalue weighted by Crippen LogP contribution is 2.34. The molecular weight excluding hydrogens is 442 g/mol. The van der Waals surface area contributed by atoms with E-state index in [9.17, 15) is 8.42 Å². The van der Waals surface area contributed by atoms with Gasteiger partial charge in [0.2, 0.25) is 10.0 Å². The standard InChI is InChI=1S/C25H27NO6S/c1-29-22-12-10-20(17-24(22)30-2)33(27,28)26-21(15-18-7-4-3-5-8-18)19-9-11-23-25(16-19)32-14-6-13-31-23/h3-5,7-12,16-17,21,26H,6,13-15H2,1-2H3. The summed E-state index contributed by atoms with van der Waals surface area (Å²) in [4.78, 5) is 0.0903. The van der Waals surface area contributed by atoms with Gasteiger partial charge >= 0.3 is 0 Å². The molecule has 7 nitrogen and oxygen atoms in total. The lowest BCUT2D eigenvalue weighted by Crippen LogP contribution is -2.30. The molecule has 1 heterocycles. The number of sulfonamides is 1. The Hall–Kier alpha value is -3.23. The third kappa shape index (κ3) is 5.40. The first-order valence-electron chi connectivity index (χ1n) is 10.7. The Balaban J connectivity index is 1.69. The Morgan fingerprint density at radius 2 is 1.61 bits per heavy atom. The summed E-state index contributed by atoms with van der Waals surface area (Å²) < 4.78 is 51.6. The number of rotatable bonds is 8. The molecule has 1 unspecified atom stereocenters. The van der Waals surface area contributed by atoms with E-state index in [-0.39, 0.29) is 4.90 Å². The van der Waals surface area contributed by atoms with Crippen molar-refractivity contribution in [2.75, 3.05) is 27.4 Å². The Morgan fingerprint density at radius 3 is 2.33 bits per heavy atom. The number of methoxy groups -OCH3 is 2. The first-order chi connectivity index (χ1) is 16.0. The monoisotopic (exact) mass is 469 g/mol. The molecule has 1 aliphatic heterocycles. The van der Waals surface area contributed by atoms with Crippen LogP contribution in [-0.2, 0) is 16.4 Å². The van der Waals surface area contributed by atoms with Crippen molar-refractivity contribution >= 4 is 10.0 Å². The number of nitrogens with one attached hydrogen (secondary N) is 1. The van der Waals surface area contributed by atoms with Crippen molar-refractivity contribution < 1.29 is 27.4 Å². The second-order valence-corrected chi connectivity index (χ2v) is 9.35. The van der Waals surface area contributed by atoms with E-state index in [0.29, 0.717) is 42.6 Å². The Labute approximate surface area is 194 Å². The molecule has 8 heteroatoms. The lowest BCUT2D eigenvalue weighted by atomic mass is 9.99. The maximum absolute atomic E-state index is 13.4. The van der Waals surface area contributed by atoms with Crippen molar-refractivity contribution in [3.05, 3.63) is 77.9 Å². The van der Waals surface area contributed by atoms with Crippen LogP contribution in [0.5, 0.6) is 23.0 Å². The van der Waals surface area contributed by atoms with E-state index in [4.69, 9.17) is 18.9 Å². The third-order valence-electron chi connectivity index (χ3n) is 5.42. The molecule has 0 radical (unpaired) electrons. The summed E-state index contributed by atoms with van der Waals surface area (Å²) in [6.45, 7) is 1.14. The Bertz CT molecular complexity index is 1200. The zero-order valence-corrected chi connectivity index (χ0v) is 19.4. The maximum atomic E-state index is 13.4. The van der Waals surface area contributed by atoms with E-state index < -0.39 is 16.1 Å². The van der Waals surface area contributed by atoms with E-state index in [1.165, 1.54) is 26.4 Å². The summed E-state index contributed by atoms with van der Waals surface area (Å²) in [5, 5.41) is 0. The van der Waals surface area contributed by atoms with Gasteiger partial charge in [0.25, 0.3) is 0 Å². The minimum Gasteiger partial charge on any atom is -0.493 e. The molecule has 0 aliphatic carbocycles. The largest absolute Gasteiger partial charge is 0.493 e. The smallest absolute Gasteiger partial charge is 0.241 e. The van der Waals surface area contributed by atoms with E-state index in [1.54, 1.807) is 6.07 Å². The van der Waals surface area contributed by atoms with Crippen LogP contribution in [0.25, 0.3) is 0 Å². The van der Waals surface area contributed by atoms with Crippen LogP contribution in [0.3, 0.4) is 0 Å². The number of hydrogen-bond donors (Lipinski definition) is 1. The first kappa shape index (κ1) is 22.9. The molecule has 0 aromatic heterocycles. The summed E-state index contributed by atoms with van der Waals surface area (Å²) in [5.41, 5.74) is 1.79. The summed E-state index contributed by atoms with van der Waals surface area (Å²) in [6, 6.07) is 19.3. The number of fused-ring (bicyclic) bond motifs is 1. The van der Waals surface area contributed by atoms with Crippen molar-refractivity contribution in [3.63, 3.8) is 0 Å². The molecule has 1 atom stereocenters. The normalized spacial score (nSPS) is 14.2. The molecule has 0 saturated heterocycles. The molecule has 0 amide bonds. The van der Waals surface area contributed by atoms with E-state index in [1.807, 2.05) is 48.5 Å². The molecule has 0 fully saturated rings. The van der Waals surface area contributed by atoms with Gasteiger partial charge in [0.1, 0.15) is 0 Å². The van der Waals surface area contributed by atoms with Crippen LogP contribution in [0.2, 0.25) is 0 Å². The Kier molecular flexibility index (Phi) is 7.05. The van der Waals surface area contributed by atoms with E-state index in [0.717, 1.165) is 17.5 Å². The second kappa shape index (κ2) is 10.1. The average molecular weight is 470 g/mol. The van der Waals surface area contributed by atoms with Crippen molar-refractivity contribution in [1.29, 1.82) is 0 Å². The fourth-order valence-electron chi connectivity index (χ4n) is 3.71. The van der Waals surface area contributed by atoms with E-state index in [2.05, 4.69) is 4.72 Å². The van der Waals surface area contributed by atoms with Crippen LogP contribution in [0, 0.1) is 0 Å². The van der Waals surface area contributed by atoms with Crippen molar-refractivity contribution in [2.24, 2.45) is 0 Å². The first-order valence-corrected chi connectivity index (χ1v) is 12.2. The molecule has 1 aliphatic rings. The van der Waals surface area contributed by atoms with Gasteiger partial charge in [-0.05, 0) is 41.8 Å². The topological polar surface area (TPSA) is 83.1 Å². The van der Waals surface area contributed by atoms with Crippen molar-refractivity contribution in [2.45, 2.75) is 23.8 Å². The zero-order valence-electron chi connectivity index (χ0n) is 18.6. The summed E-state index contributed by atoms with van der Waals surface area (Å²) in [7, 11) is -0.897. The predicted molar refractivity (Wildman–Crippen MR) is 125 cm³/mol. The fourth-order valence-corrected chi connectivity index (χ4v) is 4.95. The minimum absolute atomic E-state index is 0.0903. The summed E-state index contributed by atoms with van der Waals surface area (Å²) in [5.74, 6) is 2.08. The molecular formula is C25H27NO6S. The van der Waals surface area contributed by atoms with E-state index >= 15 is 0 Å². The van der Waals surface area contributed by atoms with Gasteiger partial charge < -0.3 is 18.9 Å². The number of hydrogen-bond acceptors (Lipinski definition) is 6.